The third kappa shape index (κ3) is 3.10. The van der Waals surface area contributed by atoms with Crippen LogP contribution in [0.5, 0.6) is 5.75 Å². The number of ketones is 1. The molecule has 1 aromatic rings. The normalized spacial score (nSPS) is 11.3. The van der Waals surface area contributed by atoms with Gasteiger partial charge in [0, 0.05) is 18.4 Å². The number of hydrogen-bond acceptors (Lipinski definition) is 3. The molecule has 0 spiro atoms. The van der Waals surface area contributed by atoms with Crippen molar-refractivity contribution < 1.29 is 9.53 Å². The SMILES string of the molecule is CCC(CC)(CN)C(=O)Cc1cccc(OC)c1. The van der Waals surface area contributed by atoms with E-state index in [-0.39, 0.29) is 11.2 Å². The maximum Gasteiger partial charge on any atom is 0.144 e. The summed E-state index contributed by atoms with van der Waals surface area (Å²) in [6, 6.07) is 7.64. The predicted octanol–water partition coefficient (Wildman–Crippen LogP) is 2.57. The smallest absolute Gasteiger partial charge is 0.144 e. The van der Waals surface area contributed by atoms with Crippen LogP contribution in [0.15, 0.2) is 24.3 Å². The van der Waals surface area contributed by atoms with E-state index >= 15 is 0 Å². The summed E-state index contributed by atoms with van der Waals surface area (Å²) in [7, 11) is 1.63. The van der Waals surface area contributed by atoms with Gasteiger partial charge in [0.05, 0.1) is 7.11 Å². The van der Waals surface area contributed by atoms with Gasteiger partial charge in [0.1, 0.15) is 11.5 Å². The summed E-state index contributed by atoms with van der Waals surface area (Å²) >= 11 is 0. The summed E-state index contributed by atoms with van der Waals surface area (Å²) in [6.07, 6.45) is 2.02. The molecule has 3 heteroatoms. The molecule has 0 aliphatic carbocycles. The van der Waals surface area contributed by atoms with E-state index in [1.165, 1.54) is 0 Å². The van der Waals surface area contributed by atoms with Gasteiger partial charge in [-0.25, -0.2) is 0 Å². The van der Waals surface area contributed by atoms with E-state index in [0.29, 0.717) is 13.0 Å². The second kappa shape index (κ2) is 6.55. The van der Waals surface area contributed by atoms with E-state index in [0.717, 1.165) is 24.2 Å². The number of hydrogen-bond donors (Lipinski definition) is 1. The van der Waals surface area contributed by atoms with Gasteiger partial charge in [-0.2, -0.15) is 0 Å². The Morgan fingerprint density at radius 3 is 2.50 bits per heavy atom. The minimum atomic E-state index is -0.372. The minimum absolute atomic E-state index is 0.225. The van der Waals surface area contributed by atoms with Gasteiger partial charge in [-0.3, -0.25) is 4.79 Å². The molecule has 3 nitrogen and oxygen atoms in total. The summed E-state index contributed by atoms with van der Waals surface area (Å²) in [4.78, 5) is 12.4. The molecule has 0 atom stereocenters. The maximum atomic E-state index is 12.4. The number of ether oxygens (including phenoxy) is 1. The lowest BCUT2D eigenvalue weighted by Gasteiger charge is -2.28. The number of benzene rings is 1. The third-order valence-corrected chi connectivity index (χ3v) is 3.83. The lowest BCUT2D eigenvalue weighted by molar-refractivity contribution is -0.128. The Kier molecular flexibility index (Phi) is 5.35. The van der Waals surface area contributed by atoms with Crippen LogP contribution in [0.3, 0.4) is 0 Å². The van der Waals surface area contributed by atoms with Crippen molar-refractivity contribution in [3.63, 3.8) is 0 Å². The Hall–Kier alpha value is -1.35. The Bertz CT molecular complexity index is 389. The lowest BCUT2D eigenvalue weighted by Crippen LogP contribution is -2.38. The van der Waals surface area contributed by atoms with Crippen LogP contribution in [0.2, 0.25) is 0 Å². The molecule has 1 rings (SSSR count). The van der Waals surface area contributed by atoms with E-state index in [1.54, 1.807) is 7.11 Å². The van der Waals surface area contributed by atoms with Crippen molar-refractivity contribution in [3.8, 4) is 5.75 Å². The standard InChI is InChI=1S/C15H23NO2/c1-4-15(5-2,11-16)14(17)10-12-7-6-8-13(9-12)18-3/h6-9H,4-5,10-11,16H2,1-3H3. The van der Waals surface area contributed by atoms with Gasteiger partial charge in [-0.05, 0) is 30.5 Å². The van der Waals surface area contributed by atoms with Gasteiger partial charge in [0.2, 0.25) is 0 Å². The monoisotopic (exact) mass is 249 g/mol. The van der Waals surface area contributed by atoms with Crippen LogP contribution in [-0.4, -0.2) is 19.4 Å². The first-order chi connectivity index (χ1) is 8.61. The van der Waals surface area contributed by atoms with E-state index in [1.807, 2.05) is 38.1 Å². The predicted molar refractivity (Wildman–Crippen MR) is 73.8 cm³/mol. The largest absolute Gasteiger partial charge is 0.497 e. The zero-order valence-corrected chi connectivity index (χ0v) is 11.5. The van der Waals surface area contributed by atoms with Gasteiger partial charge < -0.3 is 10.5 Å². The van der Waals surface area contributed by atoms with Crippen molar-refractivity contribution in [2.45, 2.75) is 33.1 Å². The molecular weight excluding hydrogens is 226 g/mol. The summed E-state index contributed by atoms with van der Waals surface area (Å²) in [6.45, 7) is 4.47. The van der Waals surface area contributed by atoms with Crippen LogP contribution >= 0.6 is 0 Å². The minimum Gasteiger partial charge on any atom is -0.497 e. The second-order valence-electron chi connectivity index (χ2n) is 4.64. The zero-order valence-electron chi connectivity index (χ0n) is 11.5. The molecule has 0 fully saturated rings. The van der Waals surface area contributed by atoms with Gasteiger partial charge in [-0.15, -0.1) is 0 Å². The van der Waals surface area contributed by atoms with Crippen molar-refractivity contribution in [2.24, 2.45) is 11.1 Å². The molecule has 0 unspecified atom stereocenters. The molecule has 0 radical (unpaired) electrons. The quantitative estimate of drug-likeness (QED) is 0.808. The second-order valence-corrected chi connectivity index (χ2v) is 4.64. The summed E-state index contributed by atoms with van der Waals surface area (Å²) < 4.78 is 5.17. The van der Waals surface area contributed by atoms with Gasteiger partial charge in [0.15, 0.2) is 0 Å². The maximum absolute atomic E-state index is 12.4. The van der Waals surface area contributed by atoms with Gasteiger partial charge in [0.25, 0.3) is 0 Å². The Morgan fingerprint density at radius 1 is 1.33 bits per heavy atom. The molecule has 0 heterocycles. The van der Waals surface area contributed by atoms with E-state index in [4.69, 9.17) is 10.5 Å². The molecule has 2 N–H and O–H groups in total. The zero-order chi connectivity index (χ0) is 13.6. The molecule has 0 amide bonds. The van der Waals surface area contributed by atoms with Gasteiger partial charge in [-0.1, -0.05) is 26.0 Å². The molecule has 0 aromatic heterocycles. The summed E-state index contributed by atoms with van der Waals surface area (Å²) in [5.41, 5.74) is 6.41. The van der Waals surface area contributed by atoms with Crippen LogP contribution in [-0.2, 0) is 11.2 Å². The number of carbonyl (C=O) groups is 1. The highest BCUT2D eigenvalue weighted by Crippen LogP contribution is 2.28. The Balaban J connectivity index is 2.85. The molecule has 0 saturated heterocycles. The van der Waals surface area contributed by atoms with Crippen molar-refractivity contribution in [3.05, 3.63) is 29.8 Å². The molecule has 100 valence electrons. The molecule has 0 bridgehead atoms. The average molecular weight is 249 g/mol. The average Bonchev–Trinajstić information content (AvgIpc) is 2.41. The number of Topliss-reactive ketones (excluding diaryl/α,β-unsaturated/α-hetero) is 1. The van der Waals surface area contributed by atoms with Crippen LogP contribution < -0.4 is 10.5 Å². The first-order valence-corrected chi connectivity index (χ1v) is 6.48. The highest BCUT2D eigenvalue weighted by molar-refractivity contribution is 5.87. The third-order valence-electron chi connectivity index (χ3n) is 3.83. The number of nitrogens with two attached hydrogens (primary N) is 1. The van der Waals surface area contributed by atoms with E-state index < -0.39 is 0 Å². The van der Waals surface area contributed by atoms with E-state index in [9.17, 15) is 4.79 Å². The fraction of sp³-hybridized carbons (Fsp3) is 0.533. The summed E-state index contributed by atoms with van der Waals surface area (Å²) in [5.74, 6) is 1.01. The van der Waals surface area contributed by atoms with Crippen LogP contribution in [0.25, 0.3) is 0 Å². The van der Waals surface area contributed by atoms with Gasteiger partial charge >= 0.3 is 0 Å². The number of rotatable bonds is 7. The molecule has 1 aromatic carbocycles. The Morgan fingerprint density at radius 2 is 2.00 bits per heavy atom. The summed E-state index contributed by atoms with van der Waals surface area (Å²) in [5, 5.41) is 0. The molecule has 18 heavy (non-hydrogen) atoms. The van der Waals surface area contributed by atoms with E-state index in [2.05, 4.69) is 0 Å². The number of carbonyl (C=O) groups excluding carboxylic acids is 1. The fourth-order valence-electron chi connectivity index (χ4n) is 2.20. The molecule has 0 saturated carbocycles. The van der Waals surface area contributed by atoms with Crippen LogP contribution in [0.1, 0.15) is 32.3 Å². The molecule has 0 aliphatic rings. The Labute approximate surface area is 109 Å². The van der Waals surface area contributed by atoms with Crippen molar-refractivity contribution >= 4 is 5.78 Å². The van der Waals surface area contributed by atoms with Crippen molar-refractivity contribution in [1.29, 1.82) is 0 Å². The van der Waals surface area contributed by atoms with Crippen LogP contribution in [0, 0.1) is 5.41 Å². The number of methoxy groups -OCH3 is 1. The highest BCUT2D eigenvalue weighted by atomic mass is 16.5. The highest BCUT2D eigenvalue weighted by Gasteiger charge is 2.32. The molecular formula is C15H23NO2. The topological polar surface area (TPSA) is 52.3 Å². The molecule has 0 aliphatic heterocycles. The fourth-order valence-corrected chi connectivity index (χ4v) is 2.20. The first kappa shape index (κ1) is 14.7. The van der Waals surface area contributed by atoms with Crippen molar-refractivity contribution in [1.82, 2.24) is 0 Å². The lowest BCUT2D eigenvalue weighted by atomic mass is 9.76. The van der Waals surface area contributed by atoms with Crippen LogP contribution in [0.4, 0.5) is 0 Å². The first-order valence-electron chi connectivity index (χ1n) is 6.48. The van der Waals surface area contributed by atoms with Crippen molar-refractivity contribution in [2.75, 3.05) is 13.7 Å².